The van der Waals surface area contributed by atoms with Crippen LogP contribution in [0.1, 0.15) is 5.56 Å². The summed E-state index contributed by atoms with van der Waals surface area (Å²) in [6, 6.07) is 17.4. The van der Waals surface area contributed by atoms with E-state index in [1.165, 1.54) is 0 Å². The van der Waals surface area contributed by atoms with Gasteiger partial charge in [0.05, 0.1) is 5.56 Å². The fourth-order valence-corrected chi connectivity index (χ4v) is 2.55. The van der Waals surface area contributed by atoms with E-state index in [-0.39, 0.29) is 5.75 Å². The first-order chi connectivity index (χ1) is 10.2. The average Bonchev–Trinajstić information content (AvgIpc) is 2.89. The second kappa shape index (κ2) is 4.35. The number of hydrogen-bond acceptors (Lipinski definition) is 3. The van der Waals surface area contributed by atoms with Gasteiger partial charge in [-0.15, -0.1) is 0 Å². The molecule has 0 amide bonds. The minimum absolute atomic E-state index is 0.178. The number of aromatic hydroxyl groups is 1. The Balaban J connectivity index is 1.96. The Hall–Kier alpha value is -2.81. The summed E-state index contributed by atoms with van der Waals surface area (Å²) >= 11 is 0. The van der Waals surface area contributed by atoms with E-state index in [2.05, 4.69) is 4.98 Å². The molecule has 3 nitrogen and oxygen atoms in total. The molecule has 0 atom stereocenters. The topological polar surface area (TPSA) is 46.3 Å². The maximum atomic E-state index is 10.2. The molecule has 1 N–H and O–H groups in total. The van der Waals surface area contributed by atoms with E-state index in [1.54, 1.807) is 6.07 Å². The molecule has 4 aromatic rings. The van der Waals surface area contributed by atoms with Crippen molar-refractivity contribution in [2.75, 3.05) is 0 Å². The van der Waals surface area contributed by atoms with Crippen LogP contribution in [0.2, 0.25) is 0 Å². The monoisotopic (exact) mass is 275 g/mol. The van der Waals surface area contributed by atoms with Crippen LogP contribution in [0, 0.1) is 6.92 Å². The lowest BCUT2D eigenvalue weighted by Gasteiger charge is -2.03. The van der Waals surface area contributed by atoms with Crippen molar-refractivity contribution in [2.45, 2.75) is 6.92 Å². The van der Waals surface area contributed by atoms with Gasteiger partial charge in [-0.05, 0) is 47.5 Å². The summed E-state index contributed by atoms with van der Waals surface area (Å²) < 4.78 is 5.79. The number of oxazole rings is 1. The molecule has 3 aromatic carbocycles. The predicted molar refractivity (Wildman–Crippen MR) is 83.4 cm³/mol. The number of hydrogen-bond donors (Lipinski definition) is 1. The summed E-state index contributed by atoms with van der Waals surface area (Å²) in [5.41, 5.74) is 3.26. The zero-order valence-electron chi connectivity index (χ0n) is 11.5. The van der Waals surface area contributed by atoms with Crippen LogP contribution in [0.4, 0.5) is 0 Å². The number of benzene rings is 3. The number of aromatic nitrogens is 1. The lowest BCUT2D eigenvalue weighted by Crippen LogP contribution is -1.81. The molecule has 21 heavy (non-hydrogen) atoms. The smallest absolute Gasteiger partial charge is 0.231 e. The summed E-state index contributed by atoms with van der Waals surface area (Å²) in [6.45, 7) is 2.01. The van der Waals surface area contributed by atoms with Crippen molar-refractivity contribution >= 4 is 21.9 Å². The highest BCUT2D eigenvalue weighted by Gasteiger charge is 2.13. The number of phenolic OH excluding ortho intramolecular Hbond substituents is 1. The van der Waals surface area contributed by atoms with Crippen molar-refractivity contribution in [3.63, 3.8) is 0 Å². The van der Waals surface area contributed by atoms with Crippen LogP contribution in [0.15, 0.2) is 59.0 Å². The predicted octanol–water partition coefficient (Wildman–Crippen LogP) is 4.66. The summed E-state index contributed by atoms with van der Waals surface area (Å²) in [6.07, 6.45) is 0. The highest BCUT2D eigenvalue weighted by molar-refractivity contribution is 5.90. The second-order valence-electron chi connectivity index (χ2n) is 5.21. The van der Waals surface area contributed by atoms with Crippen molar-refractivity contribution in [3.8, 4) is 17.2 Å². The SMILES string of the molecule is Cc1ccc2nc(-c3cc4ccccc4cc3O)oc2c1. The van der Waals surface area contributed by atoms with E-state index in [1.807, 2.05) is 55.5 Å². The molecule has 1 heterocycles. The number of nitrogens with zero attached hydrogens (tertiary/aromatic N) is 1. The Morgan fingerprint density at radius 2 is 1.71 bits per heavy atom. The third-order valence-electron chi connectivity index (χ3n) is 3.64. The van der Waals surface area contributed by atoms with Crippen LogP contribution >= 0.6 is 0 Å². The van der Waals surface area contributed by atoms with E-state index in [4.69, 9.17) is 4.42 Å². The number of aryl methyl sites for hydroxylation is 1. The molecule has 0 bridgehead atoms. The van der Waals surface area contributed by atoms with Crippen LogP contribution in [-0.2, 0) is 0 Å². The van der Waals surface area contributed by atoms with Crippen LogP contribution in [0.5, 0.6) is 5.75 Å². The third kappa shape index (κ3) is 1.94. The summed E-state index contributed by atoms with van der Waals surface area (Å²) in [5, 5.41) is 12.3. The first kappa shape index (κ1) is 12.0. The Morgan fingerprint density at radius 1 is 0.952 bits per heavy atom. The average molecular weight is 275 g/mol. The van der Waals surface area contributed by atoms with Gasteiger partial charge in [0, 0.05) is 0 Å². The van der Waals surface area contributed by atoms with E-state index in [0.717, 1.165) is 27.4 Å². The molecule has 0 saturated carbocycles. The normalized spacial score (nSPS) is 11.3. The van der Waals surface area contributed by atoms with Gasteiger partial charge in [0.1, 0.15) is 11.3 Å². The third-order valence-corrected chi connectivity index (χ3v) is 3.64. The van der Waals surface area contributed by atoms with Crippen LogP contribution in [-0.4, -0.2) is 10.1 Å². The Bertz CT molecular complexity index is 969. The fourth-order valence-electron chi connectivity index (χ4n) is 2.55. The molecule has 0 aliphatic heterocycles. The quantitative estimate of drug-likeness (QED) is 0.549. The molecule has 0 unspecified atom stereocenters. The molecule has 102 valence electrons. The Labute approximate surface area is 121 Å². The maximum absolute atomic E-state index is 10.2. The van der Waals surface area contributed by atoms with Crippen LogP contribution < -0.4 is 0 Å². The van der Waals surface area contributed by atoms with Crippen molar-refractivity contribution in [2.24, 2.45) is 0 Å². The van der Waals surface area contributed by atoms with Crippen molar-refractivity contribution < 1.29 is 9.52 Å². The molecule has 0 fully saturated rings. The number of fused-ring (bicyclic) bond motifs is 2. The molecule has 0 aliphatic rings. The molecule has 1 aromatic heterocycles. The first-order valence-corrected chi connectivity index (χ1v) is 6.80. The molecule has 0 radical (unpaired) electrons. The second-order valence-corrected chi connectivity index (χ2v) is 5.21. The number of phenols is 1. The zero-order chi connectivity index (χ0) is 14.4. The van der Waals surface area contributed by atoms with E-state index < -0.39 is 0 Å². The van der Waals surface area contributed by atoms with Crippen molar-refractivity contribution in [3.05, 3.63) is 60.2 Å². The van der Waals surface area contributed by atoms with Gasteiger partial charge in [0.15, 0.2) is 5.58 Å². The minimum Gasteiger partial charge on any atom is -0.507 e. The summed E-state index contributed by atoms with van der Waals surface area (Å²) in [7, 11) is 0. The van der Waals surface area contributed by atoms with E-state index in [9.17, 15) is 5.11 Å². The fraction of sp³-hybridized carbons (Fsp3) is 0.0556. The Kier molecular flexibility index (Phi) is 2.48. The van der Waals surface area contributed by atoms with Gasteiger partial charge >= 0.3 is 0 Å². The summed E-state index contributed by atoms with van der Waals surface area (Å²) in [5.74, 6) is 0.621. The van der Waals surface area contributed by atoms with Crippen molar-refractivity contribution in [1.82, 2.24) is 4.98 Å². The lowest BCUT2D eigenvalue weighted by molar-refractivity contribution is 0.475. The zero-order valence-corrected chi connectivity index (χ0v) is 11.5. The van der Waals surface area contributed by atoms with Crippen LogP contribution in [0.25, 0.3) is 33.3 Å². The minimum atomic E-state index is 0.178. The van der Waals surface area contributed by atoms with Gasteiger partial charge in [0.25, 0.3) is 0 Å². The van der Waals surface area contributed by atoms with Gasteiger partial charge in [-0.3, -0.25) is 0 Å². The standard InChI is InChI=1S/C18H13NO2/c1-11-6-7-15-17(8-11)21-18(19-15)14-9-12-4-2-3-5-13(12)10-16(14)20/h2-10,20H,1H3. The lowest BCUT2D eigenvalue weighted by atomic mass is 10.1. The Morgan fingerprint density at radius 3 is 2.52 bits per heavy atom. The molecule has 0 aliphatic carbocycles. The van der Waals surface area contributed by atoms with Gasteiger partial charge in [-0.1, -0.05) is 30.3 Å². The largest absolute Gasteiger partial charge is 0.507 e. The van der Waals surface area contributed by atoms with Gasteiger partial charge < -0.3 is 9.52 Å². The molecule has 4 rings (SSSR count). The van der Waals surface area contributed by atoms with E-state index >= 15 is 0 Å². The number of rotatable bonds is 1. The molecule has 0 saturated heterocycles. The molecule has 0 spiro atoms. The van der Waals surface area contributed by atoms with E-state index in [0.29, 0.717) is 11.5 Å². The molecule has 3 heteroatoms. The van der Waals surface area contributed by atoms with Gasteiger partial charge in [0.2, 0.25) is 5.89 Å². The van der Waals surface area contributed by atoms with Gasteiger partial charge in [-0.2, -0.15) is 0 Å². The highest BCUT2D eigenvalue weighted by atomic mass is 16.3. The molecular weight excluding hydrogens is 262 g/mol. The molecular formula is C18H13NO2. The first-order valence-electron chi connectivity index (χ1n) is 6.80. The summed E-state index contributed by atoms with van der Waals surface area (Å²) in [4.78, 5) is 4.47. The maximum Gasteiger partial charge on any atom is 0.231 e. The van der Waals surface area contributed by atoms with Crippen molar-refractivity contribution in [1.29, 1.82) is 0 Å². The van der Waals surface area contributed by atoms with Gasteiger partial charge in [-0.25, -0.2) is 4.98 Å². The van der Waals surface area contributed by atoms with Crippen LogP contribution in [0.3, 0.4) is 0 Å². The highest BCUT2D eigenvalue weighted by Crippen LogP contribution is 2.34.